The lowest BCUT2D eigenvalue weighted by Crippen LogP contribution is -2.12. The van der Waals surface area contributed by atoms with Crippen molar-refractivity contribution in [2.75, 3.05) is 7.05 Å². The Labute approximate surface area is 59.6 Å². The molecule has 0 spiro atoms. The second kappa shape index (κ2) is 2.81. The maximum absolute atomic E-state index is 8.80. The smallest absolute Gasteiger partial charge is 0.0788 e. The Morgan fingerprint density at radius 2 is 2.50 bits per heavy atom. The molecule has 0 saturated carbocycles. The number of aryl methyl sites for hydroxylation is 1. The third kappa shape index (κ3) is 1.82. The van der Waals surface area contributed by atoms with Crippen molar-refractivity contribution in [3.63, 3.8) is 0 Å². The zero-order valence-corrected chi connectivity index (χ0v) is 6.15. The molecule has 0 atom stereocenters. The van der Waals surface area contributed by atoms with Gasteiger partial charge < -0.3 is 5.21 Å². The van der Waals surface area contributed by atoms with Gasteiger partial charge in [-0.05, 0) is 6.07 Å². The Morgan fingerprint density at radius 1 is 1.80 bits per heavy atom. The summed E-state index contributed by atoms with van der Waals surface area (Å²) in [6.07, 6.45) is 1.85. The summed E-state index contributed by atoms with van der Waals surface area (Å²) in [5, 5.41) is 14.0. The highest BCUT2D eigenvalue weighted by Crippen LogP contribution is 1.95. The van der Waals surface area contributed by atoms with Gasteiger partial charge in [0.05, 0.1) is 12.2 Å². The Hall–Kier alpha value is -0.870. The van der Waals surface area contributed by atoms with E-state index < -0.39 is 0 Å². The molecule has 0 fully saturated rings. The first-order chi connectivity index (χ1) is 4.68. The van der Waals surface area contributed by atoms with E-state index in [9.17, 15) is 0 Å². The molecule has 0 aliphatic heterocycles. The van der Waals surface area contributed by atoms with E-state index in [0.29, 0.717) is 6.54 Å². The molecule has 0 unspecified atom stereocenters. The van der Waals surface area contributed by atoms with Crippen LogP contribution in [-0.4, -0.2) is 27.1 Å². The van der Waals surface area contributed by atoms with Gasteiger partial charge in [-0.25, -0.2) is 0 Å². The molecular weight excluding hydrogens is 130 g/mol. The highest BCUT2D eigenvalue weighted by atomic mass is 16.5. The van der Waals surface area contributed by atoms with Gasteiger partial charge in [-0.1, -0.05) is 0 Å². The van der Waals surface area contributed by atoms with Gasteiger partial charge in [-0.2, -0.15) is 10.2 Å². The van der Waals surface area contributed by atoms with Gasteiger partial charge in [0.2, 0.25) is 0 Å². The van der Waals surface area contributed by atoms with E-state index in [-0.39, 0.29) is 0 Å². The second-order valence-corrected chi connectivity index (χ2v) is 2.30. The molecule has 1 aromatic rings. The first kappa shape index (κ1) is 7.24. The molecule has 1 aromatic heterocycles. The summed E-state index contributed by atoms with van der Waals surface area (Å²) in [4.78, 5) is 0. The molecule has 0 bridgehead atoms. The summed E-state index contributed by atoms with van der Waals surface area (Å²) in [5.41, 5.74) is 0.868. The number of hydrogen-bond donors (Lipinski definition) is 1. The summed E-state index contributed by atoms with van der Waals surface area (Å²) in [6.45, 7) is 0.473. The summed E-state index contributed by atoms with van der Waals surface area (Å²) in [6, 6.07) is 1.87. The van der Waals surface area contributed by atoms with E-state index in [1.807, 2.05) is 19.3 Å². The minimum absolute atomic E-state index is 0.473. The maximum atomic E-state index is 8.80. The van der Waals surface area contributed by atoms with E-state index in [0.717, 1.165) is 10.8 Å². The van der Waals surface area contributed by atoms with E-state index in [1.165, 1.54) is 0 Å². The molecule has 4 heteroatoms. The molecule has 1 N–H and O–H groups in total. The fourth-order valence-electron chi connectivity index (χ4n) is 0.782. The number of rotatable bonds is 2. The van der Waals surface area contributed by atoms with Gasteiger partial charge in [0, 0.05) is 20.3 Å². The molecule has 0 aliphatic rings. The number of nitrogens with zero attached hydrogens (tertiary/aromatic N) is 3. The van der Waals surface area contributed by atoms with Gasteiger partial charge in [-0.15, -0.1) is 0 Å². The zero-order valence-electron chi connectivity index (χ0n) is 6.15. The average Bonchev–Trinajstić information content (AvgIpc) is 2.13. The lowest BCUT2D eigenvalue weighted by atomic mass is 10.4. The summed E-state index contributed by atoms with van der Waals surface area (Å²) < 4.78 is 1.71. The Morgan fingerprint density at radius 3 is 2.90 bits per heavy atom. The molecule has 1 heterocycles. The van der Waals surface area contributed by atoms with E-state index in [4.69, 9.17) is 5.21 Å². The van der Waals surface area contributed by atoms with Crippen molar-refractivity contribution in [3.05, 3.63) is 18.0 Å². The van der Waals surface area contributed by atoms with Gasteiger partial charge in [0.15, 0.2) is 0 Å². The standard InChI is InChI=1S/C6H11N3O/c1-8-4-3-6(7-8)5-9(2)10/h3-4,10H,5H2,1-2H3. The number of aromatic nitrogens is 2. The monoisotopic (exact) mass is 141 g/mol. The normalized spacial score (nSPS) is 10.8. The van der Waals surface area contributed by atoms with Gasteiger partial charge in [-0.3, -0.25) is 4.68 Å². The molecule has 10 heavy (non-hydrogen) atoms. The molecule has 0 saturated heterocycles. The Bertz CT molecular complexity index is 207. The van der Waals surface area contributed by atoms with Gasteiger partial charge >= 0.3 is 0 Å². The van der Waals surface area contributed by atoms with Crippen molar-refractivity contribution in [1.29, 1.82) is 0 Å². The Balaban J connectivity index is 2.58. The molecule has 0 amide bonds. The third-order valence-electron chi connectivity index (χ3n) is 1.16. The SMILES string of the molecule is CN(O)Cc1ccn(C)n1. The van der Waals surface area contributed by atoms with Crippen LogP contribution in [0.25, 0.3) is 0 Å². The molecule has 4 nitrogen and oxygen atoms in total. The van der Waals surface area contributed by atoms with E-state index in [2.05, 4.69) is 5.10 Å². The lowest BCUT2D eigenvalue weighted by Gasteiger charge is -2.03. The molecule has 1 rings (SSSR count). The van der Waals surface area contributed by atoms with Crippen LogP contribution in [0.3, 0.4) is 0 Å². The maximum Gasteiger partial charge on any atom is 0.0788 e. The van der Waals surface area contributed by atoms with Crippen molar-refractivity contribution < 1.29 is 5.21 Å². The van der Waals surface area contributed by atoms with Crippen molar-refractivity contribution in [3.8, 4) is 0 Å². The van der Waals surface area contributed by atoms with Gasteiger partial charge in [0.1, 0.15) is 0 Å². The van der Waals surface area contributed by atoms with Crippen molar-refractivity contribution in [2.45, 2.75) is 6.54 Å². The van der Waals surface area contributed by atoms with Crippen LogP contribution >= 0.6 is 0 Å². The molecule has 56 valence electrons. The van der Waals surface area contributed by atoms with Crippen LogP contribution in [0.5, 0.6) is 0 Å². The predicted octanol–water partition coefficient (Wildman–Crippen LogP) is 0.241. The largest absolute Gasteiger partial charge is 0.314 e. The highest BCUT2D eigenvalue weighted by molar-refractivity contribution is 4.97. The average molecular weight is 141 g/mol. The fourth-order valence-corrected chi connectivity index (χ4v) is 0.782. The topological polar surface area (TPSA) is 41.3 Å². The van der Waals surface area contributed by atoms with Crippen LogP contribution in [0.15, 0.2) is 12.3 Å². The first-order valence-electron chi connectivity index (χ1n) is 3.07. The first-order valence-corrected chi connectivity index (χ1v) is 3.07. The number of hydrogen-bond acceptors (Lipinski definition) is 3. The summed E-state index contributed by atoms with van der Waals surface area (Å²) >= 11 is 0. The summed E-state index contributed by atoms with van der Waals surface area (Å²) in [5.74, 6) is 0. The van der Waals surface area contributed by atoms with Crippen LogP contribution < -0.4 is 0 Å². The molecule has 0 aromatic carbocycles. The molecular formula is C6H11N3O. The second-order valence-electron chi connectivity index (χ2n) is 2.30. The molecule has 0 radical (unpaired) electrons. The quantitative estimate of drug-likeness (QED) is 0.600. The molecule has 0 aliphatic carbocycles. The lowest BCUT2D eigenvalue weighted by molar-refractivity contribution is -0.0741. The van der Waals surface area contributed by atoms with Gasteiger partial charge in [0.25, 0.3) is 0 Å². The van der Waals surface area contributed by atoms with Crippen LogP contribution in [-0.2, 0) is 13.6 Å². The predicted molar refractivity (Wildman–Crippen MR) is 36.5 cm³/mol. The van der Waals surface area contributed by atoms with Crippen LogP contribution in [0.1, 0.15) is 5.69 Å². The minimum atomic E-state index is 0.473. The zero-order chi connectivity index (χ0) is 7.56. The van der Waals surface area contributed by atoms with Crippen LogP contribution in [0, 0.1) is 0 Å². The van der Waals surface area contributed by atoms with Crippen LogP contribution in [0.2, 0.25) is 0 Å². The summed E-state index contributed by atoms with van der Waals surface area (Å²) in [7, 11) is 3.44. The van der Waals surface area contributed by atoms with Crippen molar-refractivity contribution >= 4 is 0 Å². The van der Waals surface area contributed by atoms with E-state index in [1.54, 1.807) is 11.7 Å². The van der Waals surface area contributed by atoms with Crippen LogP contribution in [0.4, 0.5) is 0 Å². The van der Waals surface area contributed by atoms with Crippen molar-refractivity contribution in [1.82, 2.24) is 14.8 Å². The third-order valence-corrected chi connectivity index (χ3v) is 1.16. The highest BCUT2D eigenvalue weighted by Gasteiger charge is 1.97. The van der Waals surface area contributed by atoms with Crippen molar-refractivity contribution in [2.24, 2.45) is 7.05 Å². The number of hydroxylamine groups is 2. The fraction of sp³-hybridized carbons (Fsp3) is 0.500. The minimum Gasteiger partial charge on any atom is -0.314 e. The van der Waals surface area contributed by atoms with E-state index >= 15 is 0 Å². The Kier molecular flexibility index (Phi) is 2.03.